The average molecular weight is 379 g/mol. The first-order chi connectivity index (χ1) is 12.3. The topological polar surface area (TPSA) is 119 Å². The number of methoxy groups -OCH3 is 1. The van der Waals surface area contributed by atoms with Gasteiger partial charge in [-0.05, 0) is 20.8 Å². The number of thioether (sulfide) groups is 1. The van der Waals surface area contributed by atoms with E-state index in [-0.39, 0.29) is 29.2 Å². The maximum Gasteiger partial charge on any atom is 0.311 e. The summed E-state index contributed by atoms with van der Waals surface area (Å²) < 4.78 is 6.27. The molecule has 0 saturated carbocycles. The van der Waals surface area contributed by atoms with Gasteiger partial charge in [0.05, 0.1) is 30.7 Å². The summed E-state index contributed by atoms with van der Waals surface area (Å²) in [4.78, 5) is 42.3. The highest BCUT2D eigenvalue weighted by molar-refractivity contribution is 8.00. The Morgan fingerprint density at radius 1 is 1.38 bits per heavy atom. The van der Waals surface area contributed by atoms with E-state index < -0.39 is 16.8 Å². The van der Waals surface area contributed by atoms with Crippen molar-refractivity contribution in [2.24, 2.45) is 0 Å². The molecule has 10 heteroatoms. The summed E-state index contributed by atoms with van der Waals surface area (Å²) in [5.74, 6) is -0.149. The van der Waals surface area contributed by atoms with E-state index in [1.165, 1.54) is 13.2 Å². The molecule has 2 aromatic heterocycles. The van der Waals surface area contributed by atoms with Crippen LogP contribution in [0.3, 0.4) is 0 Å². The van der Waals surface area contributed by atoms with Gasteiger partial charge in [-0.3, -0.25) is 14.4 Å². The fourth-order valence-electron chi connectivity index (χ4n) is 2.12. The molecule has 0 aliphatic heterocycles. The number of anilines is 1. The van der Waals surface area contributed by atoms with Gasteiger partial charge >= 0.3 is 5.97 Å². The molecule has 0 radical (unpaired) electrons. The highest BCUT2D eigenvalue weighted by Crippen LogP contribution is 2.21. The third-order valence-electron chi connectivity index (χ3n) is 3.39. The molecule has 140 valence electrons. The zero-order valence-electron chi connectivity index (χ0n) is 15.0. The van der Waals surface area contributed by atoms with Crippen molar-refractivity contribution in [1.29, 1.82) is 0 Å². The number of hydrogen-bond donors (Lipinski definition) is 2. The van der Waals surface area contributed by atoms with Gasteiger partial charge in [0.15, 0.2) is 5.16 Å². The Bertz CT molecular complexity index is 845. The minimum absolute atomic E-state index is 0.108. The highest BCUT2D eigenvalue weighted by Gasteiger charge is 2.19. The third kappa shape index (κ3) is 5.19. The van der Waals surface area contributed by atoms with Crippen LogP contribution >= 0.6 is 11.8 Å². The van der Waals surface area contributed by atoms with Gasteiger partial charge in [-0.15, -0.1) is 0 Å². The van der Waals surface area contributed by atoms with Crippen molar-refractivity contribution in [2.45, 2.75) is 43.6 Å². The molecule has 1 atom stereocenters. The highest BCUT2D eigenvalue weighted by atomic mass is 32.2. The van der Waals surface area contributed by atoms with E-state index in [9.17, 15) is 14.4 Å². The maximum atomic E-state index is 12.4. The lowest BCUT2D eigenvalue weighted by molar-refractivity contribution is -0.139. The number of carbonyl (C=O) groups is 2. The summed E-state index contributed by atoms with van der Waals surface area (Å²) >= 11 is 1.09. The van der Waals surface area contributed by atoms with Gasteiger partial charge in [-0.1, -0.05) is 11.8 Å². The number of amides is 1. The van der Waals surface area contributed by atoms with E-state index in [1.807, 2.05) is 13.8 Å². The molecular formula is C16H21N5O4S. The zero-order valence-corrected chi connectivity index (χ0v) is 15.8. The SMILES string of the molecule is COC(=O)Cc1cc(=O)[nH]c(S[C@H](C)C(=O)Nc2ccnn2C(C)C)n1. The fourth-order valence-corrected chi connectivity index (χ4v) is 2.95. The molecule has 2 aromatic rings. The summed E-state index contributed by atoms with van der Waals surface area (Å²) in [5.41, 5.74) is -0.111. The first kappa shape index (κ1) is 19.7. The molecule has 0 aliphatic carbocycles. The second kappa shape index (κ2) is 8.65. The Labute approximate surface area is 154 Å². The Morgan fingerprint density at radius 2 is 2.12 bits per heavy atom. The number of rotatable bonds is 7. The Kier molecular flexibility index (Phi) is 6.56. The van der Waals surface area contributed by atoms with Gasteiger partial charge in [0.2, 0.25) is 5.91 Å². The van der Waals surface area contributed by atoms with E-state index in [4.69, 9.17) is 0 Å². The molecule has 0 aromatic carbocycles. The molecule has 0 fully saturated rings. The van der Waals surface area contributed by atoms with Gasteiger partial charge in [0, 0.05) is 18.2 Å². The minimum atomic E-state index is -0.526. The summed E-state index contributed by atoms with van der Waals surface area (Å²) in [6.45, 7) is 5.62. The monoisotopic (exact) mass is 379 g/mol. The van der Waals surface area contributed by atoms with Gasteiger partial charge in [-0.2, -0.15) is 5.10 Å². The van der Waals surface area contributed by atoms with Crippen LogP contribution in [-0.4, -0.2) is 44.0 Å². The number of aromatic nitrogens is 4. The van der Waals surface area contributed by atoms with Crippen LogP contribution in [0.1, 0.15) is 32.5 Å². The Balaban J connectivity index is 2.07. The Hall–Kier alpha value is -2.62. The van der Waals surface area contributed by atoms with Crippen LogP contribution in [0.15, 0.2) is 28.3 Å². The third-order valence-corrected chi connectivity index (χ3v) is 4.38. The first-order valence-electron chi connectivity index (χ1n) is 7.98. The number of H-pyrrole nitrogens is 1. The van der Waals surface area contributed by atoms with Crippen LogP contribution in [0.4, 0.5) is 5.82 Å². The molecule has 9 nitrogen and oxygen atoms in total. The van der Waals surface area contributed by atoms with E-state index >= 15 is 0 Å². The lowest BCUT2D eigenvalue weighted by Gasteiger charge is -2.14. The molecule has 2 heterocycles. The smallest absolute Gasteiger partial charge is 0.311 e. The van der Waals surface area contributed by atoms with E-state index in [0.29, 0.717) is 5.82 Å². The van der Waals surface area contributed by atoms with Crippen molar-refractivity contribution in [3.63, 3.8) is 0 Å². The predicted molar refractivity (Wildman–Crippen MR) is 97.1 cm³/mol. The average Bonchev–Trinajstić information content (AvgIpc) is 3.02. The van der Waals surface area contributed by atoms with Crippen molar-refractivity contribution < 1.29 is 14.3 Å². The van der Waals surface area contributed by atoms with Crippen LogP contribution in [0.5, 0.6) is 0 Å². The summed E-state index contributed by atoms with van der Waals surface area (Å²) in [5, 5.41) is 6.71. The molecule has 2 N–H and O–H groups in total. The molecule has 26 heavy (non-hydrogen) atoms. The van der Waals surface area contributed by atoms with Crippen molar-refractivity contribution in [3.8, 4) is 0 Å². The van der Waals surface area contributed by atoms with Crippen molar-refractivity contribution in [3.05, 3.63) is 34.4 Å². The molecule has 1 amide bonds. The normalized spacial score (nSPS) is 12.0. The van der Waals surface area contributed by atoms with Crippen LogP contribution < -0.4 is 10.9 Å². The summed E-state index contributed by atoms with van der Waals surface area (Å²) in [7, 11) is 1.26. The lowest BCUT2D eigenvalue weighted by Crippen LogP contribution is -2.25. The molecule has 0 aliphatic rings. The van der Waals surface area contributed by atoms with Crippen LogP contribution in [0.2, 0.25) is 0 Å². The van der Waals surface area contributed by atoms with Gasteiger partial charge in [-0.25, -0.2) is 9.67 Å². The zero-order chi connectivity index (χ0) is 19.3. The minimum Gasteiger partial charge on any atom is -0.469 e. The molecule has 2 rings (SSSR count). The number of aromatic amines is 1. The number of esters is 1. The number of ether oxygens (including phenoxy) is 1. The molecular weight excluding hydrogens is 358 g/mol. The van der Waals surface area contributed by atoms with Crippen LogP contribution in [0, 0.1) is 0 Å². The second-order valence-corrected chi connectivity index (χ2v) is 7.13. The number of nitrogens with one attached hydrogen (secondary N) is 2. The quantitative estimate of drug-likeness (QED) is 0.424. The van der Waals surface area contributed by atoms with Crippen molar-refractivity contribution in [2.75, 3.05) is 12.4 Å². The molecule has 0 spiro atoms. The predicted octanol–water partition coefficient (Wildman–Crippen LogP) is 1.38. The number of nitrogens with zero attached hydrogens (tertiary/aromatic N) is 3. The molecule has 0 unspecified atom stereocenters. The van der Waals surface area contributed by atoms with Crippen molar-refractivity contribution in [1.82, 2.24) is 19.7 Å². The fraction of sp³-hybridized carbons (Fsp3) is 0.438. The first-order valence-corrected chi connectivity index (χ1v) is 8.86. The largest absolute Gasteiger partial charge is 0.469 e. The summed E-state index contributed by atoms with van der Waals surface area (Å²) in [6, 6.07) is 3.05. The van der Waals surface area contributed by atoms with Gasteiger partial charge in [0.1, 0.15) is 5.82 Å². The van der Waals surface area contributed by atoms with Gasteiger partial charge in [0.25, 0.3) is 5.56 Å². The maximum absolute atomic E-state index is 12.4. The standard InChI is InChI=1S/C16H21N5O4S/c1-9(2)21-12(5-6-17-21)19-15(24)10(3)26-16-18-11(7-13(22)20-16)8-14(23)25-4/h5-7,9-10H,8H2,1-4H3,(H,19,24)(H,18,20,22)/t10-/m1/s1. The van der Waals surface area contributed by atoms with E-state index in [0.717, 1.165) is 11.8 Å². The number of carbonyl (C=O) groups excluding carboxylic acids is 2. The van der Waals surface area contributed by atoms with Gasteiger partial charge < -0.3 is 15.0 Å². The lowest BCUT2D eigenvalue weighted by atomic mass is 10.3. The molecule has 0 saturated heterocycles. The summed E-state index contributed by atoms with van der Waals surface area (Å²) in [6.07, 6.45) is 1.50. The number of hydrogen-bond acceptors (Lipinski definition) is 7. The van der Waals surface area contributed by atoms with E-state index in [1.54, 1.807) is 23.9 Å². The second-order valence-electron chi connectivity index (χ2n) is 5.80. The Morgan fingerprint density at radius 3 is 2.77 bits per heavy atom. The van der Waals surface area contributed by atoms with Crippen molar-refractivity contribution >= 4 is 29.5 Å². The molecule has 0 bridgehead atoms. The van der Waals surface area contributed by atoms with Crippen LogP contribution in [0.25, 0.3) is 0 Å². The van der Waals surface area contributed by atoms with E-state index in [2.05, 4.69) is 25.1 Å². The van der Waals surface area contributed by atoms with Crippen LogP contribution in [-0.2, 0) is 20.7 Å².